The maximum absolute atomic E-state index is 12.2. The zero-order chi connectivity index (χ0) is 22.6. The van der Waals surface area contributed by atoms with Crippen molar-refractivity contribution in [3.63, 3.8) is 0 Å². The van der Waals surface area contributed by atoms with Crippen LogP contribution in [0.1, 0.15) is 100 Å². The molecule has 2 aromatic carbocycles. The Kier molecular flexibility index (Phi) is 10.1. The van der Waals surface area contributed by atoms with E-state index >= 15 is 0 Å². The van der Waals surface area contributed by atoms with Gasteiger partial charge < -0.3 is 4.74 Å². The van der Waals surface area contributed by atoms with E-state index in [2.05, 4.69) is 47.8 Å². The zero-order valence-electron chi connectivity index (χ0n) is 19.3. The topological polar surface area (TPSA) is 9.23 Å². The maximum Gasteiger partial charge on any atom is 0.387 e. The molecule has 0 unspecified atom stereocenters. The van der Waals surface area contributed by atoms with Crippen LogP contribution in [0.5, 0.6) is 5.75 Å². The summed E-state index contributed by atoms with van der Waals surface area (Å²) in [5.74, 6) is 8.01. The lowest BCUT2D eigenvalue weighted by Crippen LogP contribution is -2.13. The monoisotopic (exact) mass is 438 g/mol. The van der Waals surface area contributed by atoms with Crippen molar-refractivity contribution >= 4 is 0 Å². The van der Waals surface area contributed by atoms with E-state index in [1.165, 1.54) is 88.3 Å². The van der Waals surface area contributed by atoms with Gasteiger partial charge >= 0.3 is 6.61 Å². The highest BCUT2D eigenvalue weighted by Gasteiger charge is 2.21. The average molecular weight is 439 g/mol. The highest BCUT2D eigenvalue weighted by atomic mass is 19.3. The smallest absolute Gasteiger partial charge is 0.387 e. The molecule has 172 valence electrons. The first-order chi connectivity index (χ1) is 15.6. The molecule has 0 amide bonds. The van der Waals surface area contributed by atoms with Crippen LogP contribution in [-0.2, 0) is 0 Å². The van der Waals surface area contributed by atoms with Crippen molar-refractivity contribution in [1.82, 2.24) is 0 Å². The highest BCUT2D eigenvalue weighted by Crippen LogP contribution is 2.37. The fraction of sp³-hybridized carbons (Fsp3) is 0.517. The normalized spacial score (nSPS) is 18.2. The van der Waals surface area contributed by atoms with Crippen LogP contribution in [0.2, 0.25) is 0 Å². The Morgan fingerprint density at radius 1 is 0.781 bits per heavy atom. The first-order valence-corrected chi connectivity index (χ1v) is 12.3. The van der Waals surface area contributed by atoms with E-state index in [4.69, 9.17) is 0 Å². The Balaban J connectivity index is 1.42. The molecule has 0 N–H and O–H groups in total. The van der Waals surface area contributed by atoms with Crippen LogP contribution >= 0.6 is 0 Å². The number of benzene rings is 2. The number of unbranched alkanes of at least 4 members (excludes halogenated alkanes) is 5. The van der Waals surface area contributed by atoms with Crippen molar-refractivity contribution in [3.05, 3.63) is 65.2 Å². The molecule has 1 fully saturated rings. The van der Waals surface area contributed by atoms with Crippen LogP contribution in [0.15, 0.2) is 48.5 Å². The minimum Gasteiger partial charge on any atom is -0.435 e. The standard InChI is InChI=1S/C29H36F2O/c1-2-3-4-5-6-7-8-23-11-17-26(18-12-23)27-19-13-24(14-20-27)9-10-25-15-21-28(22-16-25)32-29(30)31/h13-16,19-23,26,29H,2-8,11-12,17-18H2,1H3. The van der Waals surface area contributed by atoms with Crippen molar-refractivity contribution < 1.29 is 13.5 Å². The third kappa shape index (κ3) is 8.30. The van der Waals surface area contributed by atoms with Gasteiger partial charge in [-0.3, -0.25) is 0 Å². The molecule has 1 aliphatic carbocycles. The van der Waals surface area contributed by atoms with Crippen molar-refractivity contribution in [3.8, 4) is 17.6 Å². The van der Waals surface area contributed by atoms with Gasteiger partial charge in [0, 0.05) is 11.1 Å². The van der Waals surface area contributed by atoms with Crippen LogP contribution < -0.4 is 4.74 Å². The third-order valence-corrected chi connectivity index (χ3v) is 6.63. The van der Waals surface area contributed by atoms with Crippen LogP contribution in [0.25, 0.3) is 0 Å². The molecular formula is C29H36F2O. The number of alkyl halides is 2. The molecule has 0 atom stereocenters. The number of rotatable bonds is 10. The van der Waals surface area contributed by atoms with Gasteiger partial charge in [0.1, 0.15) is 5.75 Å². The van der Waals surface area contributed by atoms with Gasteiger partial charge in [0.2, 0.25) is 0 Å². The predicted octanol–water partition coefficient (Wildman–Crippen LogP) is 8.71. The third-order valence-electron chi connectivity index (χ3n) is 6.63. The Morgan fingerprint density at radius 2 is 1.34 bits per heavy atom. The summed E-state index contributed by atoms with van der Waals surface area (Å²) >= 11 is 0. The summed E-state index contributed by atoms with van der Waals surface area (Å²) in [5.41, 5.74) is 3.18. The Hall–Kier alpha value is -2.34. The molecule has 3 rings (SSSR count). The molecule has 1 nitrogen and oxygen atoms in total. The molecule has 0 spiro atoms. The molecule has 0 saturated heterocycles. The van der Waals surface area contributed by atoms with Gasteiger partial charge in [-0.05, 0) is 79.5 Å². The minimum absolute atomic E-state index is 0.150. The molecule has 1 aliphatic rings. The van der Waals surface area contributed by atoms with Crippen molar-refractivity contribution in [2.45, 2.75) is 90.1 Å². The summed E-state index contributed by atoms with van der Waals surface area (Å²) in [6, 6.07) is 15.1. The van der Waals surface area contributed by atoms with Crippen LogP contribution in [0.4, 0.5) is 8.78 Å². The average Bonchev–Trinajstić information content (AvgIpc) is 2.81. The maximum atomic E-state index is 12.2. The molecule has 0 aliphatic heterocycles. The van der Waals surface area contributed by atoms with Gasteiger partial charge in [-0.2, -0.15) is 8.78 Å². The number of hydrogen-bond donors (Lipinski definition) is 0. The molecule has 2 aromatic rings. The van der Waals surface area contributed by atoms with Gasteiger partial charge in [0.25, 0.3) is 0 Å². The first-order valence-electron chi connectivity index (χ1n) is 12.3. The van der Waals surface area contributed by atoms with E-state index < -0.39 is 6.61 Å². The quantitative estimate of drug-likeness (QED) is 0.266. The summed E-state index contributed by atoms with van der Waals surface area (Å²) in [4.78, 5) is 0. The molecular weight excluding hydrogens is 402 g/mol. The van der Waals surface area contributed by atoms with Gasteiger partial charge in [-0.25, -0.2) is 0 Å². The summed E-state index contributed by atoms with van der Waals surface area (Å²) in [5, 5.41) is 0. The number of hydrogen-bond acceptors (Lipinski definition) is 1. The lowest BCUT2D eigenvalue weighted by molar-refractivity contribution is -0.0498. The van der Waals surface area contributed by atoms with Crippen LogP contribution in [0, 0.1) is 17.8 Å². The van der Waals surface area contributed by atoms with Gasteiger partial charge in [0.15, 0.2) is 0 Å². The van der Waals surface area contributed by atoms with E-state index in [-0.39, 0.29) is 5.75 Å². The van der Waals surface area contributed by atoms with Crippen molar-refractivity contribution in [2.24, 2.45) is 5.92 Å². The van der Waals surface area contributed by atoms with Crippen molar-refractivity contribution in [1.29, 1.82) is 0 Å². The second kappa shape index (κ2) is 13.3. The lowest BCUT2D eigenvalue weighted by Gasteiger charge is -2.29. The first kappa shape index (κ1) is 24.3. The molecule has 1 saturated carbocycles. The van der Waals surface area contributed by atoms with Crippen LogP contribution in [0.3, 0.4) is 0 Å². The summed E-state index contributed by atoms with van der Waals surface area (Å²) in [6.07, 6.45) is 15.1. The molecule has 32 heavy (non-hydrogen) atoms. The highest BCUT2D eigenvalue weighted by molar-refractivity contribution is 5.45. The second-order valence-electron chi connectivity index (χ2n) is 9.05. The van der Waals surface area contributed by atoms with E-state index in [0.717, 1.165) is 17.0 Å². The minimum atomic E-state index is -2.80. The SMILES string of the molecule is CCCCCCCCC1CCC(c2ccc(C#Cc3ccc(OC(F)F)cc3)cc2)CC1. The number of ether oxygens (including phenoxy) is 1. The fourth-order valence-electron chi connectivity index (χ4n) is 4.70. The Morgan fingerprint density at radius 3 is 1.94 bits per heavy atom. The van der Waals surface area contributed by atoms with E-state index in [0.29, 0.717) is 5.92 Å². The Labute approximate surface area is 192 Å². The summed E-state index contributed by atoms with van der Waals surface area (Å²) < 4.78 is 28.8. The summed E-state index contributed by atoms with van der Waals surface area (Å²) in [6.45, 7) is -0.529. The van der Waals surface area contributed by atoms with Crippen LogP contribution in [-0.4, -0.2) is 6.61 Å². The van der Waals surface area contributed by atoms with Gasteiger partial charge in [-0.15, -0.1) is 0 Å². The van der Waals surface area contributed by atoms with E-state index in [1.54, 1.807) is 12.1 Å². The molecule has 0 heterocycles. The molecule has 0 aromatic heterocycles. The predicted molar refractivity (Wildman–Crippen MR) is 128 cm³/mol. The summed E-state index contributed by atoms with van der Waals surface area (Å²) in [7, 11) is 0. The zero-order valence-corrected chi connectivity index (χ0v) is 19.3. The van der Waals surface area contributed by atoms with E-state index in [1.807, 2.05) is 0 Å². The largest absolute Gasteiger partial charge is 0.435 e. The lowest BCUT2D eigenvalue weighted by atomic mass is 9.77. The van der Waals surface area contributed by atoms with Gasteiger partial charge in [-0.1, -0.05) is 75.8 Å². The van der Waals surface area contributed by atoms with E-state index in [9.17, 15) is 8.78 Å². The second-order valence-corrected chi connectivity index (χ2v) is 9.05. The molecule has 0 radical (unpaired) electrons. The van der Waals surface area contributed by atoms with Crippen molar-refractivity contribution in [2.75, 3.05) is 0 Å². The van der Waals surface area contributed by atoms with Gasteiger partial charge in [0.05, 0.1) is 0 Å². The number of halogens is 2. The molecule has 0 bridgehead atoms. The fourth-order valence-corrected chi connectivity index (χ4v) is 4.70. The Bertz CT molecular complexity index is 837. The molecule has 3 heteroatoms.